The van der Waals surface area contributed by atoms with Crippen LogP contribution in [0.5, 0.6) is 0 Å². The highest BCUT2D eigenvalue weighted by Crippen LogP contribution is 2.08. The zero-order chi connectivity index (χ0) is 18.0. The number of hydrogen-bond acceptors (Lipinski definition) is 5. The molecule has 0 aromatic carbocycles. The number of aliphatic carboxylic acids is 2. The summed E-state index contributed by atoms with van der Waals surface area (Å²) in [6, 6.07) is 0. The van der Waals surface area contributed by atoms with Crippen LogP contribution in [-0.4, -0.2) is 62.9 Å². The number of carboxylic acid groups (broad SMARTS) is 2. The predicted octanol–water partition coefficient (Wildman–Crippen LogP) is 0.237. The van der Waals surface area contributed by atoms with Crippen molar-refractivity contribution >= 4 is 17.8 Å². The summed E-state index contributed by atoms with van der Waals surface area (Å²) in [5.41, 5.74) is 0. The standard InChI is InChI=1S/C6H9NO.2C3H4O2.C2H6O2/c1-2-7-5-3-4-6(7)8;2*1-2-3(4)5;3-1-2-4/h2H,1,3-5H2;2*2H,1H2,(H,4,5);3-4H,1-2H2. The Morgan fingerprint density at radius 2 is 1.41 bits per heavy atom. The van der Waals surface area contributed by atoms with Gasteiger partial charge >= 0.3 is 11.9 Å². The topological polar surface area (TPSA) is 135 Å². The van der Waals surface area contributed by atoms with Crippen LogP contribution in [0.15, 0.2) is 38.1 Å². The van der Waals surface area contributed by atoms with Crippen LogP contribution in [0.2, 0.25) is 0 Å². The van der Waals surface area contributed by atoms with Gasteiger partial charge in [-0.25, -0.2) is 9.59 Å². The van der Waals surface area contributed by atoms with Crippen LogP contribution in [0.25, 0.3) is 0 Å². The van der Waals surface area contributed by atoms with E-state index in [9.17, 15) is 14.4 Å². The number of aliphatic hydroxyl groups excluding tert-OH is 2. The Morgan fingerprint density at radius 1 is 1.05 bits per heavy atom. The van der Waals surface area contributed by atoms with Gasteiger partial charge in [0.1, 0.15) is 0 Å². The summed E-state index contributed by atoms with van der Waals surface area (Å²) in [7, 11) is 0. The highest BCUT2D eigenvalue weighted by Gasteiger charge is 2.15. The molecule has 22 heavy (non-hydrogen) atoms. The molecule has 126 valence electrons. The molecule has 0 aromatic rings. The van der Waals surface area contributed by atoms with E-state index < -0.39 is 11.9 Å². The highest BCUT2D eigenvalue weighted by atomic mass is 16.4. The van der Waals surface area contributed by atoms with Gasteiger partial charge in [0.25, 0.3) is 0 Å². The number of likely N-dealkylation sites (tertiary alicyclic amines) is 1. The maximum absolute atomic E-state index is 10.7. The quantitative estimate of drug-likeness (QED) is 0.545. The van der Waals surface area contributed by atoms with Gasteiger partial charge in [0.2, 0.25) is 5.91 Å². The molecular weight excluding hydrogens is 294 g/mol. The Balaban J connectivity index is -0.000000230. The average Bonchev–Trinajstić information content (AvgIpc) is 2.93. The molecule has 0 radical (unpaired) electrons. The van der Waals surface area contributed by atoms with Crippen LogP contribution in [0.3, 0.4) is 0 Å². The average molecular weight is 317 g/mol. The molecule has 1 amide bonds. The predicted molar refractivity (Wildman–Crippen MR) is 81.0 cm³/mol. The van der Waals surface area contributed by atoms with Crippen molar-refractivity contribution in [3.63, 3.8) is 0 Å². The van der Waals surface area contributed by atoms with Crippen LogP contribution in [0.1, 0.15) is 12.8 Å². The molecule has 1 aliphatic rings. The lowest BCUT2D eigenvalue weighted by Gasteiger charge is -2.05. The third kappa shape index (κ3) is 22.7. The molecule has 1 heterocycles. The van der Waals surface area contributed by atoms with E-state index in [1.165, 1.54) is 0 Å². The lowest BCUT2D eigenvalue weighted by Crippen LogP contribution is -2.16. The molecule has 0 aliphatic carbocycles. The van der Waals surface area contributed by atoms with Crippen molar-refractivity contribution in [2.45, 2.75) is 12.8 Å². The maximum atomic E-state index is 10.7. The molecule has 1 saturated heterocycles. The number of aliphatic hydroxyl groups is 2. The van der Waals surface area contributed by atoms with Gasteiger partial charge in [-0.2, -0.15) is 0 Å². The van der Waals surface area contributed by atoms with Crippen molar-refractivity contribution in [2.75, 3.05) is 19.8 Å². The first-order chi connectivity index (χ1) is 10.3. The molecule has 0 unspecified atom stereocenters. The summed E-state index contributed by atoms with van der Waals surface area (Å²) in [6.45, 7) is 10.0. The van der Waals surface area contributed by atoms with Gasteiger partial charge in [-0.05, 0) is 12.6 Å². The molecule has 1 aliphatic heterocycles. The summed E-state index contributed by atoms with van der Waals surface area (Å²) in [4.78, 5) is 30.8. The van der Waals surface area contributed by atoms with Crippen LogP contribution >= 0.6 is 0 Å². The second-order valence-electron chi connectivity index (χ2n) is 3.41. The highest BCUT2D eigenvalue weighted by molar-refractivity contribution is 5.79. The second-order valence-corrected chi connectivity index (χ2v) is 3.41. The molecule has 1 rings (SSSR count). The van der Waals surface area contributed by atoms with Crippen LogP contribution in [0, 0.1) is 0 Å². The molecule has 0 bridgehead atoms. The molecule has 8 heteroatoms. The number of carbonyl (C=O) groups is 3. The largest absolute Gasteiger partial charge is 0.478 e. The van der Waals surface area contributed by atoms with Crippen molar-refractivity contribution in [1.29, 1.82) is 0 Å². The first kappa shape index (κ1) is 24.6. The summed E-state index contributed by atoms with van der Waals surface area (Å²) in [5.74, 6) is -1.75. The van der Waals surface area contributed by atoms with Gasteiger partial charge in [-0.1, -0.05) is 19.7 Å². The van der Waals surface area contributed by atoms with Crippen LogP contribution in [0.4, 0.5) is 0 Å². The number of hydrogen-bond donors (Lipinski definition) is 4. The van der Waals surface area contributed by atoms with Gasteiger partial charge in [0, 0.05) is 25.1 Å². The van der Waals surface area contributed by atoms with E-state index >= 15 is 0 Å². The lowest BCUT2D eigenvalue weighted by molar-refractivity contribution is -0.132. The van der Waals surface area contributed by atoms with Crippen molar-refractivity contribution in [1.82, 2.24) is 4.90 Å². The second kappa shape index (κ2) is 18.6. The summed E-state index contributed by atoms with van der Waals surface area (Å²) in [5, 5.41) is 30.5. The van der Waals surface area contributed by atoms with E-state index in [4.69, 9.17) is 20.4 Å². The minimum absolute atomic E-state index is 0.125. The number of carboxylic acids is 2. The number of amides is 1. The molecule has 1 fully saturated rings. The normalized spacial score (nSPS) is 11.4. The minimum atomic E-state index is -0.981. The van der Waals surface area contributed by atoms with E-state index in [0.717, 1.165) is 25.1 Å². The van der Waals surface area contributed by atoms with Crippen LogP contribution in [-0.2, 0) is 14.4 Å². The fraction of sp³-hybridized carbons (Fsp3) is 0.357. The zero-order valence-electron chi connectivity index (χ0n) is 12.3. The number of carbonyl (C=O) groups excluding carboxylic acids is 1. The van der Waals surface area contributed by atoms with E-state index in [2.05, 4.69) is 19.7 Å². The van der Waals surface area contributed by atoms with E-state index in [1.54, 1.807) is 11.1 Å². The maximum Gasteiger partial charge on any atom is 0.327 e. The first-order valence-electron chi connectivity index (χ1n) is 6.15. The number of rotatable bonds is 4. The SMILES string of the molecule is C=CC(=O)O.C=CC(=O)O.C=CN1CCCC1=O.OCCO. The first-order valence-corrected chi connectivity index (χ1v) is 6.15. The Hall–Kier alpha value is -2.45. The summed E-state index contributed by atoms with van der Waals surface area (Å²) < 4.78 is 0. The Labute approximate surface area is 129 Å². The fourth-order valence-electron chi connectivity index (χ4n) is 0.862. The Bertz CT molecular complexity index is 346. The lowest BCUT2D eigenvalue weighted by atomic mass is 10.4. The summed E-state index contributed by atoms with van der Waals surface area (Å²) in [6.07, 6.45) is 4.95. The zero-order valence-corrected chi connectivity index (χ0v) is 12.3. The van der Waals surface area contributed by atoms with Gasteiger partial charge in [0.15, 0.2) is 0 Å². The Kier molecular flexibility index (Phi) is 20.7. The molecule has 0 saturated carbocycles. The van der Waals surface area contributed by atoms with Gasteiger partial charge in [-0.15, -0.1) is 0 Å². The molecule has 4 N–H and O–H groups in total. The number of nitrogens with zero attached hydrogens (tertiary/aromatic N) is 1. The van der Waals surface area contributed by atoms with Crippen molar-refractivity contribution < 1.29 is 34.8 Å². The van der Waals surface area contributed by atoms with E-state index in [1.807, 2.05) is 0 Å². The molecule has 0 spiro atoms. The van der Waals surface area contributed by atoms with E-state index in [-0.39, 0.29) is 19.1 Å². The van der Waals surface area contributed by atoms with Gasteiger partial charge < -0.3 is 25.3 Å². The van der Waals surface area contributed by atoms with Gasteiger partial charge in [0.05, 0.1) is 13.2 Å². The third-order valence-electron chi connectivity index (χ3n) is 1.78. The Morgan fingerprint density at radius 3 is 1.50 bits per heavy atom. The fourth-order valence-corrected chi connectivity index (χ4v) is 0.862. The molecular formula is C14H23NO7. The molecule has 8 nitrogen and oxygen atoms in total. The van der Waals surface area contributed by atoms with Crippen molar-refractivity contribution in [3.05, 3.63) is 38.1 Å². The smallest absolute Gasteiger partial charge is 0.327 e. The molecule has 0 atom stereocenters. The molecule has 0 aromatic heterocycles. The van der Waals surface area contributed by atoms with Crippen molar-refractivity contribution in [2.24, 2.45) is 0 Å². The minimum Gasteiger partial charge on any atom is -0.478 e. The summed E-state index contributed by atoms with van der Waals surface area (Å²) >= 11 is 0. The third-order valence-corrected chi connectivity index (χ3v) is 1.78. The van der Waals surface area contributed by atoms with E-state index in [0.29, 0.717) is 6.42 Å². The van der Waals surface area contributed by atoms with Crippen molar-refractivity contribution in [3.8, 4) is 0 Å². The van der Waals surface area contributed by atoms with Gasteiger partial charge in [-0.3, -0.25) is 4.79 Å². The monoisotopic (exact) mass is 317 g/mol. The van der Waals surface area contributed by atoms with Crippen LogP contribution < -0.4 is 0 Å².